The highest BCUT2D eigenvalue weighted by atomic mass is 33.5. The van der Waals surface area contributed by atoms with Crippen molar-refractivity contribution < 1.29 is 14.7 Å². The van der Waals surface area contributed by atoms with Crippen LogP contribution in [0.1, 0.15) is 84.5 Å². The zero-order valence-electron chi connectivity index (χ0n) is 16.2. The number of carboxylic acid groups (broad SMARTS) is 1. The van der Waals surface area contributed by atoms with Crippen molar-refractivity contribution in [2.75, 3.05) is 5.75 Å². The van der Waals surface area contributed by atoms with Crippen LogP contribution in [0.5, 0.6) is 0 Å². The summed E-state index contributed by atoms with van der Waals surface area (Å²) in [5.41, 5.74) is 1.05. The highest BCUT2D eigenvalue weighted by molar-refractivity contribution is 9.19. The molecule has 152 valence electrons. The molecular formula is C19H35NO3S3. The number of carboxylic acids is 1. The summed E-state index contributed by atoms with van der Waals surface area (Å²) in [6.45, 7) is 4.33. The van der Waals surface area contributed by atoms with Gasteiger partial charge in [-0.15, -0.1) is 20.7 Å². The molecule has 0 aromatic heterocycles. The summed E-state index contributed by atoms with van der Waals surface area (Å²) in [4.78, 5) is 22.9. The van der Waals surface area contributed by atoms with E-state index in [4.69, 9.17) is 5.11 Å². The molecule has 0 spiro atoms. The van der Waals surface area contributed by atoms with Gasteiger partial charge < -0.3 is 5.11 Å². The van der Waals surface area contributed by atoms with Crippen LogP contribution in [0.2, 0.25) is 0 Å². The highest BCUT2D eigenvalue weighted by Gasteiger charge is 2.35. The Morgan fingerprint density at radius 3 is 2.31 bits per heavy atom. The number of unbranched alkanes of at least 4 members (excludes halogenated alkanes) is 5. The maximum Gasteiger partial charge on any atom is 0.303 e. The van der Waals surface area contributed by atoms with Crippen LogP contribution in [0.3, 0.4) is 0 Å². The van der Waals surface area contributed by atoms with Crippen LogP contribution in [-0.4, -0.2) is 27.7 Å². The zero-order chi connectivity index (χ0) is 19.8. The number of carbonyl (C=O) groups is 2. The Bertz CT molecular complexity index is 442. The van der Waals surface area contributed by atoms with Gasteiger partial charge in [0, 0.05) is 17.4 Å². The number of thiol groups is 1. The van der Waals surface area contributed by atoms with Gasteiger partial charge in [-0.25, -0.2) is 0 Å². The van der Waals surface area contributed by atoms with Crippen LogP contribution >= 0.6 is 30.5 Å². The smallest absolute Gasteiger partial charge is 0.303 e. The van der Waals surface area contributed by atoms with Crippen molar-refractivity contribution in [1.29, 1.82) is 5.26 Å². The standard InChI is InChI=1S/C19H35NO3S3/c1-3-5-6-7-8-9-11-18(10-4-2)26(16-21,25-24)15-17(14-20)12-13-19(22)23/h16-18,24H,3-13,15H2,1-2H3,(H,22,23). The monoisotopic (exact) mass is 421 g/mol. The molecule has 4 nitrogen and oxygen atoms in total. The quantitative estimate of drug-likeness (QED) is 0.123. The van der Waals surface area contributed by atoms with E-state index in [0.29, 0.717) is 12.2 Å². The maximum absolute atomic E-state index is 12.1. The van der Waals surface area contributed by atoms with E-state index in [-0.39, 0.29) is 11.7 Å². The van der Waals surface area contributed by atoms with Crippen molar-refractivity contribution in [3.63, 3.8) is 0 Å². The predicted octanol–water partition coefficient (Wildman–Crippen LogP) is 6.40. The van der Waals surface area contributed by atoms with Gasteiger partial charge in [-0.1, -0.05) is 58.8 Å². The molecule has 0 heterocycles. The van der Waals surface area contributed by atoms with E-state index in [1.807, 2.05) is 0 Å². The number of rotatable bonds is 17. The second-order valence-electron chi connectivity index (χ2n) is 6.84. The summed E-state index contributed by atoms with van der Waals surface area (Å²) < 4.78 is 0. The van der Waals surface area contributed by atoms with Crippen LogP contribution in [0.15, 0.2) is 0 Å². The first kappa shape index (κ1) is 25.7. The molecule has 0 aliphatic heterocycles. The second kappa shape index (κ2) is 15.7. The van der Waals surface area contributed by atoms with Gasteiger partial charge in [0.1, 0.15) is 0 Å². The molecule has 3 unspecified atom stereocenters. The van der Waals surface area contributed by atoms with E-state index in [0.717, 1.165) is 31.3 Å². The summed E-state index contributed by atoms with van der Waals surface area (Å²) in [5.74, 6) is -0.822. The number of carbonyl (C=O) groups excluding carboxylic acids is 1. The molecule has 0 aromatic rings. The second-order valence-corrected chi connectivity index (χ2v) is 13.4. The Balaban J connectivity index is 4.92. The Hall–Kier alpha value is -0.320. The molecule has 0 radical (unpaired) electrons. The lowest BCUT2D eigenvalue weighted by Crippen LogP contribution is -2.23. The number of hydrogen-bond donors (Lipinski definition) is 2. The van der Waals surface area contributed by atoms with Crippen LogP contribution in [0.25, 0.3) is 0 Å². The normalized spacial score (nSPS) is 16.8. The summed E-state index contributed by atoms with van der Waals surface area (Å²) in [6, 6.07) is 2.22. The maximum atomic E-state index is 12.1. The Morgan fingerprint density at radius 2 is 1.81 bits per heavy atom. The lowest BCUT2D eigenvalue weighted by Gasteiger charge is -2.40. The van der Waals surface area contributed by atoms with Gasteiger partial charge in [0.15, 0.2) is 5.62 Å². The van der Waals surface area contributed by atoms with Gasteiger partial charge in [-0.2, -0.15) is 5.26 Å². The number of nitrogens with zero attached hydrogens (tertiary/aromatic N) is 1. The molecule has 26 heavy (non-hydrogen) atoms. The van der Waals surface area contributed by atoms with Gasteiger partial charge in [0.05, 0.1) is 12.0 Å². The SMILES string of the molecule is CCCCCCCCC(CCC)S(C=O)(CC(C#N)CCC(=O)O)SS. The van der Waals surface area contributed by atoms with Crippen molar-refractivity contribution in [1.82, 2.24) is 0 Å². The summed E-state index contributed by atoms with van der Waals surface area (Å²) in [6.07, 6.45) is 10.6. The van der Waals surface area contributed by atoms with E-state index >= 15 is 0 Å². The first-order chi connectivity index (χ1) is 12.5. The van der Waals surface area contributed by atoms with Crippen molar-refractivity contribution in [3.8, 4) is 6.07 Å². The minimum Gasteiger partial charge on any atom is -0.481 e. The third kappa shape index (κ3) is 10.1. The fraction of sp³-hybridized carbons (Fsp3) is 0.842. The number of nitriles is 1. The lowest BCUT2D eigenvalue weighted by atomic mass is 10.1. The molecule has 0 rings (SSSR count). The van der Waals surface area contributed by atoms with Gasteiger partial charge in [0.25, 0.3) is 0 Å². The minimum atomic E-state index is -1.75. The third-order valence-corrected chi connectivity index (χ3v) is 12.6. The van der Waals surface area contributed by atoms with E-state index in [1.54, 1.807) is 0 Å². The molecule has 0 aromatic carbocycles. The molecule has 3 atom stereocenters. The molecule has 0 saturated carbocycles. The molecule has 0 amide bonds. The zero-order valence-corrected chi connectivity index (χ0v) is 18.7. The number of aliphatic carboxylic acids is 1. The van der Waals surface area contributed by atoms with Crippen molar-refractivity contribution in [2.45, 2.75) is 89.7 Å². The summed E-state index contributed by atoms with van der Waals surface area (Å²) in [7, 11) is -0.421. The van der Waals surface area contributed by atoms with Gasteiger partial charge >= 0.3 is 5.97 Å². The van der Waals surface area contributed by atoms with E-state index in [2.05, 4.69) is 31.6 Å². The molecule has 0 aliphatic carbocycles. The van der Waals surface area contributed by atoms with Gasteiger partial charge in [-0.05, 0) is 29.1 Å². The highest BCUT2D eigenvalue weighted by Crippen LogP contribution is 2.66. The average molecular weight is 422 g/mol. The Labute approximate surface area is 169 Å². The Kier molecular flexibility index (Phi) is 15.5. The van der Waals surface area contributed by atoms with Crippen molar-refractivity contribution >= 4 is 42.1 Å². The molecule has 1 N–H and O–H groups in total. The topological polar surface area (TPSA) is 78.2 Å². The summed E-state index contributed by atoms with van der Waals surface area (Å²) >= 11 is 4.42. The van der Waals surface area contributed by atoms with Crippen molar-refractivity contribution in [3.05, 3.63) is 0 Å². The van der Waals surface area contributed by atoms with Crippen LogP contribution in [0, 0.1) is 17.2 Å². The largest absolute Gasteiger partial charge is 0.481 e. The average Bonchev–Trinajstić information content (AvgIpc) is 2.64. The lowest BCUT2D eigenvalue weighted by molar-refractivity contribution is -0.137. The van der Waals surface area contributed by atoms with E-state index in [9.17, 15) is 14.9 Å². The molecule has 0 aliphatic rings. The molecule has 0 bridgehead atoms. The number of hydrogen-bond acceptors (Lipinski definition) is 5. The van der Waals surface area contributed by atoms with E-state index in [1.165, 1.54) is 41.9 Å². The minimum absolute atomic E-state index is 0.0281. The first-order valence-electron chi connectivity index (χ1n) is 9.69. The fourth-order valence-electron chi connectivity index (χ4n) is 3.18. The first-order valence-corrected chi connectivity index (χ1v) is 14.0. The van der Waals surface area contributed by atoms with Crippen LogP contribution in [0.4, 0.5) is 0 Å². The van der Waals surface area contributed by atoms with Crippen molar-refractivity contribution in [2.24, 2.45) is 5.92 Å². The van der Waals surface area contributed by atoms with Gasteiger partial charge in [-0.3, -0.25) is 9.59 Å². The summed E-state index contributed by atoms with van der Waals surface area (Å²) in [5, 5.41) is 18.6. The predicted molar refractivity (Wildman–Crippen MR) is 118 cm³/mol. The van der Waals surface area contributed by atoms with Crippen LogP contribution in [-0.2, 0) is 9.59 Å². The molecule has 0 saturated heterocycles. The van der Waals surface area contributed by atoms with Gasteiger partial charge in [0.2, 0.25) is 0 Å². The fourth-order valence-corrected chi connectivity index (χ4v) is 9.66. The third-order valence-electron chi connectivity index (χ3n) is 4.71. The Morgan fingerprint density at radius 1 is 1.15 bits per heavy atom. The van der Waals surface area contributed by atoms with Crippen LogP contribution < -0.4 is 0 Å². The molecule has 0 fully saturated rings. The molecule has 7 heteroatoms. The molecular weight excluding hydrogens is 386 g/mol. The van der Waals surface area contributed by atoms with E-state index < -0.39 is 20.9 Å².